The summed E-state index contributed by atoms with van der Waals surface area (Å²) in [6.07, 6.45) is 9.91. The molecule has 1 saturated heterocycles. The molecule has 2 heteroatoms. The largest absolute Gasteiger partial charge is 0.379 e. The number of ether oxygens (including phenoxy) is 2. The quantitative estimate of drug-likeness (QED) is 0.399. The molecule has 1 atom stereocenters. The Morgan fingerprint density at radius 1 is 1.07 bits per heavy atom. The highest BCUT2D eigenvalue weighted by Gasteiger charge is 2.21. The molecule has 0 aromatic rings. The second-order valence-corrected chi connectivity index (χ2v) is 4.15. The molecule has 1 aliphatic heterocycles. The molecular formula is C12H24O2. The van der Waals surface area contributed by atoms with Crippen LogP contribution in [0.4, 0.5) is 0 Å². The fourth-order valence-corrected chi connectivity index (χ4v) is 1.54. The molecule has 0 bridgehead atoms. The number of epoxide rings is 1. The van der Waals surface area contributed by atoms with Crippen LogP contribution in [-0.2, 0) is 9.47 Å². The lowest BCUT2D eigenvalue weighted by Crippen LogP contribution is -2.02. The van der Waals surface area contributed by atoms with E-state index in [-0.39, 0.29) is 0 Å². The normalized spacial score (nSPS) is 19.9. The summed E-state index contributed by atoms with van der Waals surface area (Å²) in [6, 6.07) is 0. The van der Waals surface area contributed by atoms with Gasteiger partial charge in [-0.2, -0.15) is 0 Å². The summed E-state index contributed by atoms with van der Waals surface area (Å²) < 4.78 is 10.5. The van der Waals surface area contributed by atoms with Gasteiger partial charge in [-0.1, -0.05) is 45.4 Å². The van der Waals surface area contributed by atoms with Gasteiger partial charge < -0.3 is 9.47 Å². The molecule has 0 radical (unpaired) electrons. The van der Waals surface area contributed by atoms with Crippen LogP contribution in [0.15, 0.2) is 0 Å². The molecule has 1 fully saturated rings. The minimum atomic E-state index is 0.430. The summed E-state index contributed by atoms with van der Waals surface area (Å²) >= 11 is 0. The standard InChI is InChI=1S/C12H24O2/c1-2-3-4-5-6-7-8-9-13-10-12-11-14-12/h12H,2-11H2,1H3/t12-/m1/s1. The zero-order valence-electron chi connectivity index (χ0n) is 9.46. The van der Waals surface area contributed by atoms with E-state index in [4.69, 9.17) is 9.47 Å². The molecule has 0 spiro atoms. The van der Waals surface area contributed by atoms with Crippen LogP contribution in [0.1, 0.15) is 51.9 Å². The summed E-state index contributed by atoms with van der Waals surface area (Å²) in [5.41, 5.74) is 0. The molecule has 84 valence electrons. The molecule has 2 nitrogen and oxygen atoms in total. The fraction of sp³-hybridized carbons (Fsp3) is 1.00. The van der Waals surface area contributed by atoms with Crippen LogP contribution in [0, 0.1) is 0 Å². The predicted molar refractivity (Wildman–Crippen MR) is 58.6 cm³/mol. The van der Waals surface area contributed by atoms with Crippen molar-refractivity contribution in [2.75, 3.05) is 19.8 Å². The SMILES string of the molecule is CCCCCCCCCOC[C@@H]1CO1. The molecule has 1 heterocycles. The molecule has 14 heavy (non-hydrogen) atoms. The third-order valence-electron chi connectivity index (χ3n) is 2.60. The summed E-state index contributed by atoms with van der Waals surface area (Å²) in [6.45, 7) is 4.91. The Balaban J connectivity index is 1.63. The van der Waals surface area contributed by atoms with Gasteiger partial charge >= 0.3 is 0 Å². The van der Waals surface area contributed by atoms with Crippen LogP contribution in [0.3, 0.4) is 0 Å². The van der Waals surface area contributed by atoms with Crippen LogP contribution in [0.5, 0.6) is 0 Å². The van der Waals surface area contributed by atoms with Crippen LogP contribution in [0.25, 0.3) is 0 Å². The lowest BCUT2D eigenvalue weighted by molar-refractivity contribution is 0.113. The van der Waals surface area contributed by atoms with Gasteiger partial charge in [-0.3, -0.25) is 0 Å². The Morgan fingerprint density at radius 3 is 2.36 bits per heavy atom. The van der Waals surface area contributed by atoms with Crippen molar-refractivity contribution in [1.29, 1.82) is 0 Å². The van der Waals surface area contributed by atoms with Crippen LogP contribution in [0.2, 0.25) is 0 Å². The fourth-order valence-electron chi connectivity index (χ4n) is 1.54. The van der Waals surface area contributed by atoms with Crippen molar-refractivity contribution >= 4 is 0 Å². The lowest BCUT2D eigenvalue weighted by atomic mass is 10.1. The number of hydrogen-bond donors (Lipinski definition) is 0. The van der Waals surface area contributed by atoms with E-state index in [9.17, 15) is 0 Å². The molecule has 0 aromatic carbocycles. The summed E-state index contributed by atoms with van der Waals surface area (Å²) in [5, 5.41) is 0. The first-order chi connectivity index (χ1) is 6.93. The van der Waals surface area contributed by atoms with Crippen LogP contribution >= 0.6 is 0 Å². The summed E-state index contributed by atoms with van der Waals surface area (Å²) in [7, 11) is 0. The van der Waals surface area contributed by atoms with Gasteiger partial charge in [0, 0.05) is 6.61 Å². The average Bonchev–Trinajstić information content (AvgIpc) is 2.99. The average molecular weight is 200 g/mol. The Hall–Kier alpha value is -0.0800. The number of rotatable bonds is 10. The maximum Gasteiger partial charge on any atom is 0.104 e. The van der Waals surface area contributed by atoms with Crippen molar-refractivity contribution in [3.8, 4) is 0 Å². The predicted octanol–water partition coefficient (Wildman–Crippen LogP) is 3.15. The Kier molecular flexibility index (Phi) is 7.06. The van der Waals surface area contributed by atoms with E-state index in [1.54, 1.807) is 0 Å². The highest BCUT2D eigenvalue weighted by Crippen LogP contribution is 2.10. The maximum absolute atomic E-state index is 5.46. The van der Waals surface area contributed by atoms with Crippen molar-refractivity contribution in [2.45, 2.75) is 58.0 Å². The zero-order chi connectivity index (χ0) is 10.1. The van der Waals surface area contributed by atoms with Gasteiger partial charge in [-0.25, -0.2) is 0 Å². The van der Waals surface area contributed by atoms with E-state index >= 15 is 0 Å². The molecule has 0 amide bonds. The van der Waals surface area contributed by atoms with E-state index in [1.807, 2.05) is 0 Å². The van der Waals surface area contributed by atoms with Gasteiger partial charge in [-0.15, -0.1) is 0 Å². The minimum absolute atomic E-state index is 0.430. The van der Waals surface area contributed by atoms with Crippen molar-refractivity contribution in [2.24, 2.45) is 0 Å². The second kappa shape index (κ2) is 8.25. The third kappa shape index (κ3) is 7.34. The summed E-state index contributed by atoms with van der Waals surface area (Å²) in [4.78, 5) is 0. The van der Waals surface area contributed by atoms with Gasteiger partial charge in [0.1, 0.15) is 6.10 Å². The van der Waals surface area contributed by atoms with E-state index in [0.717, 1.165) is 19.8 Å². The summed E-state index contributed by atoms with van der Waals surface area (Å²) in [5.74, 6) is 0. The van der Waals surface area contributed by atoms with Crippen molar-refractivity contribution in [3.05, 3.63) is 0 Å². The van der Waals surface area contributed by atoms with Gasteiger partial charge in [0.15, 0.2) is 0 Å². The number of hydrogen-bond acceptors (Lipinski definition) is 2. The smallest absolute Gasteiger partial charge is 0.104 e. The molecule has 0 saturated carbocycles. The first-order valence-electron chi connectivity index (χ1n) is 6.13. The van der Waals surface area contributed by atoms with Gasteiger partial charge in [-0.05, 0) is 6.42 Å². The van der Waals surface area contributed by atoms with E-state index in [0.29, 0.717) is 6.10 Å². The Labute approximate surface area is 88.0 Å². The highest BCUT2D eigenvalue weighted by atomic mass is 16.6. The molecule has 1 rings (SSSR count). The third-order valence-corrected chi connectivity index (χ3v) is 2.60. The van der Waals surface area contributed by atoms with Gasteiger partial charge in [0.25, 0.3) is 0 Å². The first kappa shape index (κ1) is 12.0. The molecule has 0 aliphatic carbocycles. The van der Waals surface area contributed by atoms with Crippen LogP contribution in [-0.4, -0.2) is 25.9 Å². The zero-order valence-corrected chi connectivity index (χ0v) is 9.46. The topological polar surface area (TPSA) is 21.8 Å². The lowest BCUT2D eigenvalue weighted by Gasteiger charge is -2.02. The maximum atomic E-state index is 5.46. The number of unbranched alkanes of at least 4 members (excludes halogenated alkanes) is 6. The van der Waals surface area contributed by atoms with Crippen LogP contribution < -0.4 is 0 Å². The van der Waals surface area contributed by atoms with Gasteiger partial charge in [0.2, 0.25) is 0 Å². The van der Waals surface area contributed by atoms with E-state index < -0.39 is 0 Å². The van der Waals surface area contributed by atoms with Crippen molar-refractivity contribution in [3.63, 3.8) is 0 Å². The molecular weight excluding hydrogens is 176 g/mol. The van der Waals surface area contributed by atoms with E-state index in [2.05, 4.69) is 6.92 Å². The Bertz CT molecular complexity index is 121. The van der Waals surface area contributed by atoms with Crippen molar-refractivity contribution in [1.82, 2.24) is 0 Å². The monoisotopic (exact) mass is 200 g/mol. The first-order valence-corrected chi connectivity index (χ1v) is 6.13. The highest BCUT2D eigenvalue weighted by molar-refractivity contribution is 4.66. The molecule has 0 aromatic heterocycles. The molecule has 1 aliphatic rings. The van der Waals surface area contributed by atoms with E-state index in [1.165, 1.54) is 44.9 Å². The minimum Gasteiger partial charge on any atom is -0.379 e. The second-order valence-electron chi connectivity index (χ2n) is 4.15. The van der Waals surface area contributed by atoms with Crippen molar-refractivity contribution < 1.29 is 9.47 Å². The molecule has 0 N–H and O–H groups in total. The Morgan fingerprint density at radius 2 is 1.71 bits per heavy atom. The van der Waals surface area contributed by atoms with Gasteiger partial charge in [0.05, 0.1) is 13.2 Å². The molecule has 0 unspecified atom stereocenters.